The number of alkyl halides is 3. The van der Waals surface area contributed by atoms with Crippen LogP contribution in [-0.2, 0) is 11.0 Å². The van der Waals surface area contributed by atoms with Crippen molar-refractivity contribution in [3.63, 3.8) is 0 Å². The molecule has 156 valence electrons. The quantitative estimate of drug-likeness (QED) is 0.608. The fourth-order valence-electron chi connectivity index (χ4n) is 2.84. The lowest BCUT2D eigenvalue weighted by atomic mass is 10.1. The molecule has 0 bridgehead atoms. The minimum atomic E-state index is -4.89. The molecular formula is C20H16F4N4O2. The zero-order valence-electron chi connectivity index (χ0n) is 15.8. The van der Waals surface area contributed by atoms with E-state index >= 15 is 0 Å². The fraction of sp³-hybridized carbons (Fsp3) is 0.150. The maximum atomic E-state index is 13.7. The molecule has 2 N–H and O–H groups in total. The highest BCUT2D eigenvalue weighted by Crippen LogP contribution is 2.34. The lowest BCUT2D eigenvalue weighted by molar-refractivity contribution is -0.143. The summed E-state index contributed by atoms with van der Waals surface area (Å²) in [4.78, 5) is 23.7. The number of anilines is 2. The molecule has 0 fully saturated rings. The van der Waals surface area contributed by atoms with Crippen LogP contribution >= 0.6 is 0 Å². The summed E-state index contributed by atoms with van der Waals surface area (Å²) in [7, 11) is 0. The van der Waals surface area contributed by atoms with Gasteiger partial charge in [-0.3, -0.25) is 9.59 Å². The normalized spacial score (nSPS) is 11.3. The van der Waals surface area contributed by atoms with Crippen LogP contribution in [0.4, 0.5) is 28.9 Å². The molecule has 0 aliphatic rings. The lowest BCUT2D eigenvalue weighted by Crippen LogP contribution is -2.20. The smallest absolute Gasteiger partial charge is 0.326 e. The molecule has 0 saturated carbocycles. The van der Waals surface area contributed by atoms with E-state index in [-0.39, 0.29) is 17.3 Å². The molecule has 0 aliphatic carbocycles. The molecule has 30 heavy (non-hydrogen) atoms. The minimum Gasteiger partial charge on any atom is -0.326 e. The summed E-state index contributed by atoms with van der Waals surface area (Å²) < 4.78 is 54.7. The number of nitrogens with one attached hydrogen (secondary N) is 2. The number of carbonyl (C=O) groups is 2. The Kier molecular flexibility index (Phi) is 5.59. The van der Waals surface area contributed by atoms with Gasteiger partial charge in [-0.05, 0) is 55.0 Å². The molecule has 0 atom stereocenters. The van der Waals surface area contributed by atoms with Gasteiger partial charge < -0.3 is 10.6 Å². The Balaban J connectivity index is 1.94. The third-order valence-corrected chi connectivity index (χ3v) is 4.15. The Morgan fingerprint density at radius 1 is 1.03 bits per heavy atom. The number of aryl methyl sites for hydroxylation is 1. The average Bonchev–Trinajstić information content (AvgIpc) is 3.10. The summed E-state index contributed by atoms with van der Waals surface area (Å²) in [6.45, 7) is 3.02. The molecule has 6 nitrogen and oxygen atoms in total. The monoisotopic (exact) mass is 420 g/mol. The van der Waals surface area contributed by atoms with Crippen molar-refractivity contribution in [3.05, 3.63) is 71.3 Å². The van der Waals surface area contributed by atoms with Crippen molar-refractivity contribution in [2.24, 2.45) is 0 Å². The Bertz CT molecular complexity index is 1100. The summed E-state index contributed by atoms with van der Waals surface area (Å²) in [5, 5.41) is 8.68. The molecule has 0 spiro atoms. The second-order valence-corrected chi connectivity index (χ2v) is 6.46. The van der Waals surface area contributed by atoms with Crippen LogP contribution in [-0.4, -0.2) is 21.6 Å². The highest BCUT2D eigenvalue weighted by atomic mass is 19.4. The highest BCUT2D eigenvalue weighted by Gasteiger charge is 2.40. The molecule has 0 radical (unpaired) electrons. The molecule has 1 aromatic heterocycles. The van der Waals surface area contributed by atoms with Crippen molar-refractivity contribution in [1.29, 1.82) is 0 Å². The van der Waals surface area contributed by atoms with E-state index in [1.807, 2.05) is 0 Å². The third-order valence-electron chi connectivity index (χ3n) is 4.15. The van der Waals surface area contributed by atoms with Gasteiger partial charge in [0.25, 0.3) is 5.91 Å². The number of hydrogen-bond donors (Lipinski definition) is 2. The minimum absolute atomic E-state index is 0.0433. The Hall–Kier alpha value is -3.69. The molecule has 3 rings (SSSR count). The van der Waals surface area contributed by atoms with Crippen LogP contribution in [0.3, 0.4) is 0 Å². The van der Waals surface area contributed by atoms with Gasteiger partial charge in [-0.25, -0.2) is 9.07 Å². The van der Waals surface area contributed by atoms with Gasteiger partial charge in [-0.1, -0.05) is 0 Å². The van der Waals surface area contributed by atoms with Crippen molar-refractivity contribution < 1.29 is 27.2 Å². The van der Waals surface area contributed by atoms with E-state index in [9.17, 15) is 27.2 Å². The molecule has 10 heteroatoms. The van der Waals surface area contributed by atoms with E-state index in [0.717, 1.165) is 30.5 Å². The van der Waals surface area contributed by atoms with Gasteiger partial charge in [0.15, 0.2) is 5.69 Å². The third kappa shape index (κ3) is 4.48. The second kappa shape index (κ2) is 7.97. The number of rotatable bonds is 4. The van der Waals surface area contributed by atoms with Gasteiger partial charge in [-0.2, -0.15) is 18.3 Å². The van der Waals surface area contributed by atoms with Gasteiger partial charge in [0.05, 0.1) is 17.4 Å². The molecule has 1 heterocycles. The predicted octanol–water partition coefficient (Wildman–Crippen LogP) is 4.55. The van der Waals surface area contributed by atoms with Crippen molar-refractivity contribution >= 4 is 23.2 Å². The topological polar surface area (TPSA) is 76.0 Å². The van der Waals surface area contributed by atoms with Crippen LogP contribution in [0, 0.1) is 12.7 Å². The lowest BCUT2D eigenvalue weighted by Gasteiger charge is -2.13. The van der Waals surface area contributed by atoms with E-state index in [1.54, 1.807) is 6.92 Å². The average molecular weight is 420 g/mol. The first kappa shape index (κ1) is 21.0. The standard InChI is InChI=1S/C20H16F4N4O2/c1-11-9-14(5-8-17(11)26-12(2)29)27-19(30)16-10-25-28(18(16)20(22,23)24)15-6-3-13(21)4-7-15/h3-10H,1-2H3,(H,26,29)(H,27,30). The molecular weight excluding hydrogens is 404 g/mol. The Labute approximate surface area is 168 Å². The highest BCUT2D eigenvalue weighted by molar-refractivity contribution is 6.05. The van der Waals surface area contributed by atoms with E-state index in [0.29, 0.717) is 15.9 Å². The number of amides is 2. The molecule has 0 unspecified atom stereocenters. The largest absolute Gasteiger partial charge is 0.434 e. The summed E-state index contributed by atoms with van der Waals surface area (Å²) in [5.41, 5.74) is -0.636. The Morgan fingerprint density at radius 3 is 2.27 bits per heavy atom. The van der Waals surface area contributed by atoms with E-state index in [2.05, 4.69) is 15.7 Å². The van der Waals surface area contributed by atoms with Crippen LogP contribution in [0.1, 0.15) is 28.5 Å². The van der Waals surface area contributed by atoms with Gasteiger partial charge in [0.2, 0.25) is 5.91 Å². The maximum absolute atomic E-state index is 13.7. The van der Waals surface area contributed by atoms with Crippen LogP contribution in [0.15, 0.2) is 48.7 Å². The number of carbonyl (C=O) groups excluding carboxylic acids is 2. The number of halogens is 4. The van der Waals surface area contributed by atoms with Crippen LogP contribution in [0.5, 0.6) is 0 Å². The number of nitrogens with zero attached hydrogens (tertiary/aromatic N) is 2. The fourth-order valence-corrected chi connectivity index (χ4v) is 2.84. The van der Waals surface area contributed by atoms with Gasteiger partial charge >= 0.3 is 6.18 Å². The van der Waals surface area contributed by atoms with Crippen molar-refractivity contribution in [1.82, 2.24) is 9.78 Å². The molecule has 0 saturated heterocycles. The first-order valence-corrected chi connectivity index (χ1v) is 8.67. The SMILES string of the molecule is CC(=O)Nc1ccc(NC(=O)c2cnn(-c3ccc(F)cc3)c2C(F)(F)F)cc1C. The van der Waals surface area contributed by atoms with E-state index in [4.69, 9.17) is 0 Å². The zero-order valence-corrected chi connectivity index (χ0v) is 15.8. The van der Waals surface area contributed by atoms with Crippen LogP contribution < -0.4 is 10.6 Å². The summed E-state index contributed by atoms with van der Waals surface area (Å²) in [6, 6.07) is 8.74. The first-order valence-electron chi connectivity index (χ1n) is 8.67. The number of hydrogen-bond acceptors (Lipinski definition) is 3. The van der Waals surface area contributed by atoms with E-state index < -0.39 is 29.2 Å². The molecule has 0 aliphatic heterocycles. The van der Waals surface area contributed by atoms with Gasteiger partial charge in [-0.15, -0.1) is 0 Å². The van der Waals surface area contributed by atoms with Gasteiger partial charge in [0.1, 0.15) is 5.82 Å². The van der Waals surface area contributed by atoms with Crippen molar-refractivity contribution in [2.45, 2.75) is 20.0 Å². The second-order valence-electron chi connectivity index (χ2n) is 6.46. The number of aromatic nitrogens is 2. The van der Waals surface area contributed by atoms with Crippen LogP contribution in [0.2, 0.25) is 0 Å². The Morgan fingerprint density at radius 2 is 1.70 bits per heavy atom. The molecule has 2 aromatic carbocycles. The van der Waals surface area contributed by atoms with Gasteiger partial charge in [0, 0.05) is 18.3 Å². The zero-order chi connectivity index (χ0) is 22.1. The summed E-state index contributed by atoms with van der Waals surface area (Å²) in [5.74, 6) is -1.91. The maximum Gasteiger partial charge on any atom is 0.434 e. The first-order chi connectivity index (χ1) is 14.1. The van der Waals surface area contributed by atoms with Crippen LogP contribution in [0.25, 0.3) is 5.69 Å². The van der Waals surface area contributed by atoms with Crippen molar-refractivity contribution in [3.8, 4) is 5.69 Å². The summed E-state index contributed by atoms with van der Waals surface area (Å²) in [6.07, 6.45) is -4.08. The molecule has 3 aromatic rings. The summed E-state index contributed by atoms with van der Waals surface area (Å²) >= 11 is 0. The van der Waals surface area contributed by atoms with Crippen molar-refractivity contribution in [2.75, 3.05) is 10.6 Å². The number of benzene rings is 2. The van der Waals surface area contributed by atoms with E-state index in [1.165, 1.54) is 25.1 Å². The molecule has 2 amide bonds. The predicted molar refractivity (Wildman–Crippen MR) is 102 cm³/mol.